The van der Waals surface area contributed by atoms with Crippen LogP contribution in [-0.4, -0.2) is 43.3 Å². The van der Waals surface area contributed by atoms with Crippen LogP contribution in [0.4, 0.5) is 0 Å². The van der Waals surface area contributed by atoms with Crippen LogP contribution in [0.1, 0.15) is 46.5 Å². The summed E-state index contributed by atoms with van der Waals surface area (Å²) < 4.78 is 5.25. The van der Waals surface area contributed by atoms with E-state index in [2.05, 4.69) is 25.7 Å². The van der Waals surface area contributed by atoms with E-state index in [1.807, 2.05) is 0 Å². The maximum absolute atomic E-state index is 6.58. The molecule has 0 saturated heterocycles. The van der Waals surface area contributed by atoms with Gasteiger partial charge in [0.05, 0.1) is 6.61 Å². The van der Waals surface area contributed by atoms with E-state index in [0.717, 1.165) is 25.6 Å². The zero-order chi connectivity index (χ0) is 12.9. The van der Waals surface area contributed by atoms with Crippen LogP contribution >= 0.6 is 0 Å². The van der Waals surface area contributed by atoms with Gasteiger partial charge in [-0.05, 0) is 32.2 Å². The number of rotatable bonds is 6. The standard InChI is InChI=1S/C14H30N2O/c1-5-16(13(3)10-17-4)11-14(15)8-6-7-12(2)9-14/h12-13H,5-11,15H2,1-4H3. The molecule has 1 rings (SSSR count). The van der Waals surface area contributed by atoms with E-state index in [9.17, 15) is 0 Å². The third-order valence-electron chi connectivity index (χ3n) is 4.08. The van der Waals surface area contributed by atoms with Gasteiger partial charge in [0.2, 0.25) is 0 Å². The Kier molecular flexibility index (Phi) is 5.90. The van der Waals surface area contributed by atoms with Crippen LogP contribution < -0.4 is 5.73 Å². The van der Waals surface area contributed by atoms with Crippen LogP contribution in [0.5, 0.6) is 0 Å². The molecule has 3 heteroatoms. The molecule has 0 aromatic carbocycles. The van der Waals surface area contributed by atoms with Gasteiger partial charge < -0.3 is 10.5 Å². The van der Waals surface area contributed by atoms with Crippen molar-refractivity contribution in [2.75, 3.05) is 26.8 Å². The molecule has 3 atom stereocenters. The van der Waals surface area contributed by atoms with Crippen LogP contribution in [0.2, 0.25) is 0 Å². The van der Waals surface area contributed by atoms with Gasteiger partial charge in [0.25, 0.3) is 0 Å². The normalized spacial score (nSPS) is 31.8. The van der Waals surface area contributed by atoms with E-state index in [4.69, 9.17) is 10.5 Å². The largest absolute Gasteiger partial charge is 0.383 e. The van der Waals surface area contributed by atoms with E-state index in [-0.39, 0.29) is 5.54 Å². The van der Waals surface area contributed by atoms with Crippen molar-refractivity contribution in [2.45, 2.75) is 58.0 Å². The summed E-state index contributed by atoms with van der Waals surface area (Å²) in [7, 11) is 1.77. The van der Waals surface area contributed by atoms with Crippen molar-refractivity contribution in [3.05, 3.63) is 0 Å². The molecule has 0 heterocycles. The molecule has 3 unspecified atom stereocenters. The molecule has 0 bridgehead atoms. The first-order chi connectivity index (χ1) is 8.00. The average molecular weight is 242 g/mol. The second-order valence-corrected chi connectivity index (χ2v) is 5.93. The van der Waals surface area contributed by atoms with Gasteiger partial charge in [0.15, 0.2) is 0 Å². The Labute approximate surface area is 107 Å². The Balaban J connectivity index is 2.53. The molecule has 0 radical (unpaired) electrons. The minimum atomic E-state index is 0.0235. The van der Waals surface area contributed by atoms with Gasteiger partial charge >= 0.3 is 0 Å². The lowest BCUT2D eigenvalue weighted by Crippen LogP contribution is -2.55. The molecule has 3 nitrogen and oxygen atoms in total. The Morgan fingerprint density at radius 3 is 2.76 bits per heavy atom. The van der Waals surface area contributed by atoms with Crippen molar-refractivity contribution in [3.8, 4) is 0 Å². The Bertz CT molecular complexity index is 222. The number of nitrogens with zero attached hydrogens (tertiary/aromatic N) is 1. The number of likely N-dealkylation sites (N-methyl/N-ethyl adjacent to an activating group) is 1. The molecule has 0 spiro atoms. The molecule has 0 aliphatic heterocycles. The summed E-state index contributed by atoms with van der Waals surface area (Å²) in [4.78, 5) is 2.46. The van der Waals surface area contributed by atoms with Crippen LogP contribution in [0.3, 0.4) is 0 Å². The highest BCUT2D eigenvalue weighted by atomic mass is 16.5. The van der Waals surface area contributed by atoms with Crippen LogP contribution in [-0.2, 0) is 4.74 Å². The lowest BCUT2D eigenvalue weighted by atomic mass is 9.76. The minimum Gasteiger partial charge on any atom is -0.383 e. The number of methoxy groups -OCH3 is 1. The first-order valence-electron chi connectivity index (χ1n) is 7.02. The van der Waals surface area contributed by atoms with E-state index in [1.54, 1.807) is 7.11 Å². The maximum atomic E-state index is 6.58. The monoisotopic (exact) mass is 242 g/mol. The third-order valence-corrected chi connectivity index (χ3v) is 4.08. The molecule has 1 saturated carbocycles. The fourth-order valence-corrected chi connectivity index (χ4v) is 3.17. The summed E-state index contributed by atoms with van der Waals surface area (Å²) in [5.74, 6) is 0.783. The van der Waals surface area contributed by atoms with Crippen molar-refractivity contribution in [2.24, 2.45) is 11.7 Å². The van der Waals surface area contributed by atoms with Crippen molar-refractivity contribution in [1.82, 2.24) is 4.90 Å². The van der Waals surface area contributed by atoms with Gasteiger partial charge in [-0.3, -0.25) is 4.90 Å². The molecule has 1 aliphatic rings. The zero-order valence-corrected chi connectivity index (χ0v) is 12.0. The fraction of sp³-hybridized carbons (Fsp3) is 1.00. The van der Waals surface area contributed by atoms with Gasteiger partial charge in [0, 0.05) is 25.2 Å². The van der Waals surface area contributed by atoms with Gasteiger partial charge in [0.1, 0.15) is 0 Å². The molecule has 0 amide bonds. The van der Waals surface area contributed by atoms with Crippen LogP contribution in [0.15, 0.2) is 0 Å². The topological polar surface area (TPSA) is 38.5 Å². The van der Waals surface area contributed by atoms with Gasteiger partial charge in [-0.1, -0.05) is 26.7 Å². The molecule has 1 fully saturated rings. The second kappa shape index (κ2) is 6.72. The lowest BCUT2D eigenvalue weighted by molar-refractivity contribution is 0.0726. The highest BCUT2D eigenvalue weighted by Crippen LogP contribution is 2.31. The molecule has 17 heavy (non-hydrogen) atoms. The highest BCUT2D eigenvalue weighted by molar-refractivity contribution is 4.93. The number of hydrogen-bond acceptors (Lipinski definition) is 3. The predicted octanol–water partition coefficient (Wildman–Crippen LogP) is 2.25. The Morgan fingerprint density at radius 2 is 2.24 bits per heavy atom. The molecule has 1 aliphatic carbocycles. The minimum absolute atomic E-state index is 0.0235. The van der Waals surface area contributed by atoms with E-state index >= 15 is 0 Å². The highest BCUT2D eigenvalue weighted by Gasteiger charge is 2.33. The van der Waals surface area contributed by atoms with Crippen molar-refractivity contribution in [1.29, 1.82) is 0 Å². The SMILES string of the molecule is CCN(CC1(N)CCCC(C)C1)C(C)COC. The summed E-state index contributed by atoms with van der Waals surface area (Å²) in [6.45, 7) is 9.62. The van der Waals surface area contributed by atoms with Crippen molar-refractivity contribution >= 4 is 0 Å². The zero-order valence-electron chi connectivity index (χ0n) is 12.0. The number of nitrogens with two attached hydrogens (primary N) is 1. The number of ether oxygens (including phenoxy) is 1. The lowest BCUT2D eigenvalue weighted by Gasteiger charge is -2.42. The first-order valence-corrected chi connectivity index (χ1v) is 7.02. The molecular formula is C14H30N2O. The third kappa shape index (κ3) is 4.57. The summed E-state index contributed by atoms with van der Waals surface area (Å²) in [5.41, 5.74) is 6.60. The van der Waals surface area contributed by atoms with E-state index in [1.165, 1.54) is 25.7 Å². The molecule has 2 N–H and O–H groups in total. The first kappa shape index (κ1) is 14.9. The average Bonchev–Trinajstić information content (AvgIpc) is 2.26. The van der Waals surface area contributed by atoms with Crippen molar-refractivity contribution < 1.29 is 4.74 Å². The van der Waals surface area contributed by atoms with Crippen LogP contribution in [0, 0.1) is 5.92 Å². The van der Waals surface area contributed by atoms with Gasteiger partial charge in [-0.15, -0.1) is 0 Å². The smallest absolute Gasteiger partial charge is 0.0615 e. The number of hydrogen-bond donors (Lipinski definition) is 1. The quantitative estimate of drug-likeness (QED) is 0.776. The van der Waals surface area contributed by atoms with Crippen molar-refractivity contribution in [3.63, 3.8) is 0 Å². The maximum Gasteiger partial charge on any atom is 0.0615 e. The Morgan fingerprint density at radius 1 is 1.53 bits per heavy atom. The van der Waals surface area contributed by atoms with E-state index in [0.29, 0.717) is 6.04 Å². The van der Waals surface area contributed by atoms with Gasteiger partial charge in [-0.2, -0.15) is 0 Å². The molecule has 0 aromatic rings. The van der Waals surface area contributed by atoms with Crippen LogP contribution in [0.25, 0.3) is 0 Å². The second-order valence-electron chi connectivity index (χ2n) is 5.93. The summed E-state index contributed by atoms with van der Waals surface area (Å²) in [6, 6.07) is 0.461. The summed E-state index contributed by atoms with van der Waals surface area (Å²) in [5, 5.41) is 0. The molecular weight excluding hydrogens is 212 g/mol. The predicted molar refractivity (Wildman–Crippen MR) is 73.1 cm³/mol. The molecule has 0 aromatic heterocycles. The Hall–Kier alpha value is -0.120. The fourth-order valence-electron chi connectivity index (χ4n) is 3.17. The summed E-state index contributed by atoms with van der Waals surface area (Å²) >= 11 is 0. The molecule has 102 valence electrons. The van der Waals surface area contributed by atoms with E-state index < -0.39 is 0 Å². The summed E-state index contributed by atoms with van der Waals surface area (Å²) in [6.07, 6.45) is 4.98. The van der Waals surface area contributed by atoms with Gasteiger partial charge in [-0.25, -0.2) is 0 Å².